The van der Waals surface area contributed by atoms with Crippen LogP contribution in [0.1, 0.15) is 22.3 Å². The Kier molecular flexibility index (Phi) is 5.86. The minimum absolute atomic E-state index is 0.194. The summed E-state index contributed by atoms with van der Waals surface area (Å²) in [5.41, 5.74) is -0.339. The Balaban J connectivity index is 2.38. The van der Waals surface area contributed by atoms with Gasteiger partial charge in [0.2, 0.25) is 0 Å². The van der Waals surface area contributed by atoms with Crippen LogP contribution in [0.25, 0.3) is 0 Å². The summed E-state index contributed by atoms with van der Waals surface area (Å²) in [4.78, 5) is -0.545. The van der Waals surface area contributed by atoms with Crippen molar-refractivity contribution in [3.05, 3.63) is 64.7 Å². The lowest BCUT2D eigenvalue weighted by Gasteiger charge is -2.24. The van der Waals surface area contributed by atoms with E-state index in [4.69, 9.17) is 4.55 Å². The Labute approximate surface area is 161 Å². The molecule has 28 heavy (non-hydrogen) atoms. The van der Waals surface area contributed by atoms with Crippen LogP contribution in [0.5, 0.6) is 0 Å². The van der Waals surface area contributed by atoms with Crippen LogP contribution < -0.4 is 0 Å². The highest BCUT2D eigenvalue weighted by molar-refractivity contribution is 8.01. The molecule has 0 atom stereocenters. The van der Waals surface area contributed by atoms with E-state index in [0.717, 1.165) is 30.7 Å². The van der Waals surface area contributed by atoms with Crippen molar-refractivity contribution in [2.75, 3.05) is 0 Å². The maximum absolute atomic E-state index is 14.6. The highest BCUT2D eigenvalue weighted by Gasteiger charge is 2.66. The molecule has 0 amide bonds. The van der Waals surface area contributed by atoms with Gasteiger partial charge in [-0.1, -0.05) is 35.9 Å². The fourth-order valence-corrected chi connectivity index (χ4v) is 3.73. The lowest BCUT2D eigenvalue weighted by Crippen LogP contribution is -2.44. The predicted molar refractivity (Wildman–Crippen MR) is 92.7 cm³/mol. The average Bonchev–Trinajstić information content (AvgIpc) is 2.55. The maximum atomic E-state index is 14.6. The zero-order valence-electron chi connectivity index (χ0n) is 14.4. The van der Waals surface area contributed by atoms with E-state index < -0.39 is 48.8 Å². The van der Waals surface area contributed by atoms with Crippen molar-refractivity contribution in [2.45, 2.75) is 35.2 Å². The molecule has 0 aromatic heterocycles. The lowest BCUT2D eigenvalue weighted by atomic mass is 9.98. The van der Waals surface area contributed by atoms with Gasteiger partial charge in [-0.15, -0.1) is 0 Å². The minimum atomic E-state index is -6.39. The van der Waals surface area contributed by atoms with E-state index in [1.807, 2.05) is 0 Å². The second-order valence-electron chi connectivity index (χ2n) is 6.03. The number of halogens is 6. The van der Waals surface area contributed by atoms with Gasteiger partial charge < -0.3 is 0 Å². The van der Waals surface area contributed by atoms with Crippen molar-refractivity contribution in [1.82, 2.24) is 0 Å². The normalized spacial score (nSPS) is 13.6. The third-order valence-electron chi connectivity index (χ3n) is 3.85. The summed E-state index contributed by atoms with van der Waals surface area (Å²) in [6.07, 6.45) is 0. The molecule has 0 aliphatic carbocycles. The third kappa shape index (κ3) is 4.15. The molecular formula is C17H14F6O3S2. The third-order valence-corrected chi connectivity index (χ3v) is 6.08. The quantitative estimate of drug-likeness (QED) is 0.358. The number of hydrogen-bond acceptors (Lipinski definition) is 3. The zero-order chi connectivity index (χ0) is 21.5. The van der Waals surface area contributed by atoms with Gasteiger partial charge in [-0.25, -0.2) is 0 Å². The van der Waals surface area contributed by atoms with E-state index in [9.17, 15) is 34.8 Å². The summed E-state index contributed by atoms with van der Waals surface area (Å²) in [7, 11) is -6.39. The number of aryl methyl sites for hydroxylation is 2. The van der Waals surface area contributed by atoms with E-state index in [2.05, 4.69) is 0 Å². The first-order chi connectivity index (χ1) is 12.6. The molecular weight excluding hydrogens is 430 g/mol. The first-order valence-corrected chi connectivity index (χ1v) is 9.83. The number of alkyl halides is 6. The molecule has 0 unspecified atom stereocenters. The summed E-state index contributed by atoms with van der Waals surface area (Å²) in [6.45, 7) is 2.85. The van der Waals surface area contributed by atoms with E-state index in [1.165, 1.54) is 24.3 Å². The Morgan fingerprint density at radius 3 is 1.82 bits per heavy atom. The van der Waals surface area contributed by atoms with Gasteiger partial charge in [-0.2, -0.15) is 34.8 Å². The zero-order valence-corrected chi connectivity index (χ0v) is 16.0. The number of benzene rings is 2. The molecule has 0 radical (unpaired) electrons. The topological polar surface area (TPSA) is 54.4 Å². The largest absolute Gasteiger partial charge is 0.442 e. The van der Waals surface area contributed by atoms with Crippen LogP contribution in [0, 0.1) is 13.8 Å². The summed E-state index contributed by atoms with van der Waals surface area (Å²) in [5, 5.41) is -11.0. The second kappa shape index (κ2) is 7.27. The molecule has 0 aliphatic rings. The van der Waals surface area contributed by atoms with Crippen molar-refractivity contribution >= 4 is 21.9 Å². The van der Waals surface area contributed by atoms with Gasteiger partial charge >= 0.3 is 20.6 Å². The first kappa shape index (κ1) is 22.6. The predicted octanol–water partition coefficient (Wildman–Crippen LogP) is 5.61. The molecule has 0 saturated heterocycles. The first-order valence-electron chi connectivity index (χ1n) is 7.57. The van der Waals surface area contributed by atoms with Crippen LogP contribution in [-0.2, 0) is 16.0 Å². The molecule has 0 bridgehead atoms. The van der Waals surface area contributed by atoms with Gasteiger partial charge in [-0.3, -0.25) is 4.55 Å². The minimum Gasteiger partial charge on any atom is -0.281 e. The van der Waals surface area contributed by atoms with Gasteiger partial charge in [-0.05, 0) is 43.3 Å². The van der Waals surface area contributed by atoms with Crippen molar-refractivity contribution < 1.29 is 39.3 Å². The monoisotopic (exact) mass is 444 g/mol. The highest BCUT2D eigenvalue weighted by atomic mass is 32.2. The fourth-order valence-electron chi connectivity index (χ4n) is 2.24. The molecule has 2 aromatic carbocycles. The number of hydrogen-bond donors (Lipinski definition) is 1. The van der Waals surface area contributed by atoms with Crippen LogP contribution >= 0.6 is 11.8 Å². The van der Waals surface area contributed by atoms with Crippen LogP contribution in [0.2, 0.25) is 0 Å². The fraction of sp³-hybridized carbons (Fsp3) is 0.294. The summed E-state index contributed by atoms with van der Waals surface area (Å²) in [5.74, 6) is -3.47. The molecule has 11 heteroatoms. The molecule has 2 rings (SSSR count). The molecule has 0 aliphatic heterocycles. The lowest BCUT2D eigenvalue weighted by molar-refractivity contribution is -0.0946. The molecule has 0 saturated carbocycles. The molecule has 0 fully saturated rings. The van der Waals surface area contributed by atoms with Gasteiger partial charge in [0, 0.05) is 16.0 Å². The van der Waals surface area contributed by atoms with Crippen LogP contribution in [-0.4, -0.2) is 23.5 Å². The molecule has 0 spiro atoms. The van der Waals surface area contributed by atoms with Crippen LogP contribution in [0.4, 0.5) is 26.3 Å². The smallest absolute Gasteiger partial charge is 0.281 e. The molecule has 3 nitrogen and oxygen atoms in total. The van der Waals surface area contributed by atoms with Crippen LogP contribution in [0.15, 0.2) is 47.4 Å². The van der Waals surface area contributed by atoms with E-state index in [1.54, 1.807) is 6.92 Å². The second-order valence-corrected chi connectivity index (χ2v) is 8.65. The Morgan fingerprint density at radius 2 is 1.36 bits per heavy atom. The van der Waals surface area contributed by atoms with Crippen LogP contribution in [0.3, 0.4) is 0 Å². The maximum Gasteiger partial charge on any atom is 0.442 e. The van der Waals surface area contributed by atoms with Crippen molar-refractivity contribution in [2.24, 2.45) is 0 Å². The van der Waals surface area contributed by atoms with Crippen molar-refractivity contribution in [1.29, 1.82) is 0 Å². The Hall–Kier alpha value is -1.72. The summed E-state index contributed by atoms with van der Waals surface area (Å²) in [6, 6.07) is 7.75. The Bertz CT molecular complexity index is 973. The molecule has 1 N–H and O–H groups in total. The molecule has 0 heterocycles. The van der Waals surface area contributed by atoms with Gasteiger partial charge in [0.25, 0.3) is 5.92 Å². The number of rotatable bonds is 6. The van der Waals surface area contributed by atoms with E-state index in [-0.39, 0.29) is 11.1 Å². The summed E-state index contributed by atoms with van der Waals surface area (Å²) >= 11 is -0.844. The Morgan fingerprint density at radius 1 is 0.857 bits per heavy atom. The average molecular weight is 444 g/mol. The standard InChI is InChI=1S/C17H14F6O3S2/c1-10-3-5-12(6-4-10)15(18,19)13-7-8-14(11(2)9-13)27-16(20,21)17(22,23)28(24,25)26/h3-9H,1-2H3,(H,24,25,26). The molecule has 154 valence electrons. The van der Waals surface area contributed by atoms with Gasteiger partial charge in [0.1, 0.15) is 0 Å². The highest BCUT2D eigenvalue weighted by Crippen LogP contribution is 2.50. The van der Waals surface area contributed by atoms with E-state index >= 15 is 0 Å². The van der Waals surface area contributed by atoms with Gasteiger partial charge in [0.15, 0.2) is 0 Å². The number of thioether (sulfide) groups is 1. The summed E-state index contributed by atoms with van der Waals surface area (Å²) < 4.78 is 113. The molecule has 2 aromatic rings. The van der Waals surface area contributed by atoms with E-state index in [0.29, 0.717) is 0 Å². The van der Waals surface area contributed by atoms with Crippen molar-refractivity contribution in [3.63, 3.8) is 0 Å². The van der Waals surface area contributed by atoms with Crippen molar-refractivity contribution in [3.8, 4) is 0 Å². The van der Waals surface area contributed by atoms with Gasteiger partial charge in [0.05, 0.1) is 0 Å². The SMILES string of the molecule is Cc1ccc(C(F)(F)c2ccc(SC(F)(F)C(F)(F)S(=O)(=O)O)c(C)c2)cc1.